The molecule has 0 aliphatic heterocycles. The Balaban J connectivity index is 1.80. The number of anilines is 1. The van der Waals surface area contributed by atoms with Crippen LogP contribution in [0.2, 0.25) is 0 Å². The maximum atomic E-state index is 12.2. The molecule has 4 atom stereocenters. The van der Waals surface area contributed by atoms with Gasteiger partial charge in [0, 0.05) is 11.6 Å². The summed E-state index contributed by atoms with van der Waals surface area (Å²) in [5, 5.41) is 14.3. The lowest BCUT2D eigenvalue weighted by molar-refractivity contribution is -0.146. The summed E-state index contributed by atoms with van der Waals surface area (Å²) in [7, 11) is 0. The summed E-state index contributed by atoms with van der Waals surface area (Å²) in [4.78, 5) is 27.4. The van der Waals surface area contributed by atoms with E-state index in [1.807, 2.05) is 12.2 Å². The first-order valence-corrected chi connectivity index (χ1v) is 6.66. The SMILES string of the molecule is O=C(Nc1nccs1)[C@@H]1[C@H](C(=O)O)[C@@H]2C=C[C@H]1C2. The van der Waals surface area contributed by atoms with E-state index in [9.17, 15) is 14.7 Å². The number of carbonyl (C=O) groups excluding carboxylic acids is 1. The first-order chi connectivity index (χ1) is 8.66. The van der Waals surface area contributed by atoms with Gasteiger partial charge in [0.05, 0.1) is 11.8 Å². The molecule has 1 amide bonds. The van der Waals surface area contributed by atoms with E-state index in [4.69, 9.17) is 0 Å². The molecule has 3 rings (SSSR count). The van der Waals surface area contributed by atoms with E-state index in [2.05, 4.69) is 10.3 Å². The Kier molecular flexibility index (Phi) is 2.66. The van der Waals surface area contributed by atoms with Crippen molar-refractivity contribution in [3.8, 4) is 0 Å². The van der Waals surface area contributed by atoms with Crippen molar-refractivity contribution in [1.29, 1.82) is 0 Å². The number of carbonyl (C=O) groups is 2. The fourth-order valence-electron chi connectivity index (χ4n) is 2.99. The number of nitrogens with one attached hydrogen (secondary N) is 1. The maximum absolute atomic E-state index is 12.2. The first-order valence-electron chi connectivity index (χ1n) is 5.78. The molecule has 0 radical (unpaired) electrons. The summed E-state index contributed by atoms with van der Waals surface area (Å²) in [6.45, 7) is 0. The molecule has 1 saturated carbocycles. The number of carboxylic acids is 1. The Bertz CT molecular complexity index is 511. The van der Waals surface area contributed by atoms with Crippen molar-refractivity contribution < 1.29 is 14.7 Å². The number of fused-ring (bicyclic) bond motifs is 2. The van der Waals surface area contributed by atoms with Crippen molar-refractivity contribution in [2.75, 3.05) is 5.32 Å². The van der Waals surface area contributed by atoms with Gasteiger partial charge < -0.3 is 10.4 Å². The first kappa shape index (κ1) is 11.4. The molecule has 2 bridgehead atoms. The van der Waals surface area contributed by atoms with Crippen molar-refractivity contribution in [1.82, 2.24) is 4.98 Å². The van der Waals surface area contributed by atoms with Crippen LogP contribution in [0.1, 0.15) is 6.42 Å². The minimum atomic E-state index is -0.883. The molecule has 94 valence electrons. The zero-order chi connectivity index (χ0) is 12.7. The fraction of sp³-hybridized carbons (Fsp3) is 0.417. The third kappa shape index (κ3) is 1.73. The zero-order valence-electron chi connectivity index (χ0n) is 9.45. The topological polar surface area (TPSA) is 79.3 Å². The van der Waals surface area contributed by atoms with Gasteiger partial charge in [0.15, 0.2) is 5.13 Å². The Labute approximate surface area is 108 Å². The van der Waals surface area contributed by atoms with Crippen molar-refractivity contribution >= 4 is 28.3 Å². The molecular formula is C12H12N2O3S. The summed E-state index contributed by atoms with van der Waals surface area (Å²) in [6, 6.07) is 0. The van der Waals surface area contributed by atoms with Crippen LogP contribution < -0.4 is 5.32 Å². The molecule has 1 fully saturated rings. The minimum Gasteiger partial charge on any atom is -0.481 e. The van der Waals surface area contributed by atoms with Gasteiger partial charge in [-0.1, -0.05) is 12.2 Å². The van der Waals surface area contributed by atoms with E-state index in [0.717, 1.165) is 6.42 Å². The van der Waals surface area contributed by atoms with E-state index >= 15 is 0 Å². The number of hydrogen-bond donors (Lipinski definition) is 2. The largest absolute Gasteiger partial charge is 0.481 e. The molecular weight excluding hydrogens is 252 g/mol. The molecule has 2 aliphatic carbocycles. The van der Waals surface area contributed by atoms with E-state index in [-0.39, 0.29) is 17.7 Å². The van der Waals surface area contributed by atoms with Crippen LogP contribution in [0, 0.1) is 23.7 Å². The smallest absolute Gasteiger partial charge is 0.307 e. The number of thiazole rings is 1. The van der Waals surface area contributed by atoms with Gasteiger partial charge in [0.2, 0.25) is 5.91 Å². The van der Waals surface area contributed by atoms with E-state index in [1.165, 1.54) is 11.3 Å². The van der Waals surface area contributed by atoms with Gasteiger partial charge in [-0.2, -0.15) is 0 Å². The molecule has 1 aromatic rings. The van der Waals surface area contributed by atoms with Crippen LogP contribution in [0.4, 0.5) is 5.13 Å². The van der Waals surface area contributed by atoms with E-state index in [0.29, 0.717) is 5.13 Å². The molecule has 2 N–H and O–H groups in total. The van der Waals surface area contributed by atoms with Crippen LogP contribution in [0.5, 0.6) is 0 Å². The van der Waals surface area contributed by atoms with Crippen molar-refractivity contribution in [2.45, 2.75) is 6.42 Å². The van der Waals surface area contributed by atoms with Crippen LogP contribution in [-0.4, -0.2) is 22.0 Å². The predicted molar refractivity (Wildman–Crippen MR) is 66.1 cm³/mol. The molecule has 0 saturated heterocycles. The number of allylic oxidation sites excluding steroid dienone is 2. The van der Waals surface area contributed by atoms with Crippen LogP contribution in [0.25, 0.3) is 0 Å². The summed E-state index contributed by atoms with van der Waals surface area (Å²) in [5.41, 5.74) is 0. The standard InChI is InChI=1S/C12H12N2O3S/c15-10(14-12-13-3-4-18-12)8-6-1-2-7(5-6)9(8)11(16)17/h1-4,6-9H,5H2,(H,16,17)(H,13,14,15)/t6-,7+,8-,9+/m0/s1. The average Bonchev–Trinajstić information content (AvgIpc) is 3.03. The predicted octanol–water partition coefficient (Wildman–Crippen LogP) is 1.60. The maximum Gasteiger partial charge on any atom is 0.307 e. The molecule has 0 aromatic carbocycles. The van der Waals surface area contributed by atoms with Crippen LogP contribution in [-0.2, 0) is 9.59 Å². The highest BCUT2D eigenvalue weighted by Gasteiger charge is 2.51. The number of carboxylic acid groups (broad SMARTS) is 1. The lowest BCUT2D eigenvalue weighted by Gasteiger charge is -2.23. The van der Waals surface area contributed by atoms with Gasteiger partial charge in [-0.3, -0.25) is 9.59 Å². The molecule has 5 nitrogen and oxygen atoms in total. The third-order valence-corrected chi connectivity index (χ3v) is 4.40. The summed E-state index contributed by atoms with van der Waals surface area (Å²) in [6.07, 6.45) is 6.27. The van der Waals surface area contributed by atoms with Crippen molar-refractivity contribution in [3.63, 3.8) is 0 Å². The molecule has 0 spiro atoms. The second-order valence-electron chi connectivity index (χ2n) is 4.66. The Morgan fingerprint density at radius 1 is 1.33 bits per heavy atom. The van der Waals surface area contributed by atoms with Gasteiger partial charge in [0.25, 0.3) is 0 Å². The number of nitrogens with zero attached hydrogens (tertiary/aromatic N) is 1. The Morgan fingerprint density at radius 2 is 2.06 bits per heavy atom. The van der Waals surface area contributed by atoms with Gasteiger partial charge in [0.1, 0.15) is 0 Å². The lowest BCUT2D eigenvalue weighted by Crippen LogP contribution is -2.36. The van der Waals surface area contributed by atoms with Gasteiger partial charge in [-0.25, -0.2) is 4.98 Å². The fourth-order valence-corrected chi connectivity index (χ4v) is 3.52. The van der Waals surface area contributed by atoms with Gasteiger partial charge in [-0.05, 0) is 18.3 Å². The number of hydrogen-bond acceptors (Lipinski definition) is 4. The minimum absolute atomic E-state index is 0.000421. The van der Waals surface area contributed by atoms with Crippen LogP contribution in [0.3, 0.4) is 0 Å². The summed E-state index contributed by atoms with van der Waals surface area (Å²) < 4.78 is 0. The quantitative estimate of drug-likeness (QED) is 0.813. The Hall–Kier alpha value is -1.69. The van der Waals surface area contributed by atoms with Crippen molar-refractivity contribution in [3.05, 3.63) is 23.7 Å². The lowest BCUT2D eigenvalue weighted by atomic mass is 9.82. The monoisotopic (exact) mass is 264 g/mol. The number of aromatic nitrogens is 1. The highest BCUT2D eigenvalue weighted by Crippen LogP contribution is 2.48. The molecule has 0 unspecified atom stereocenters. The van der Waals surface area contributed by atoms with Gasteiger partial charge >= 0.3 is 5.97 Å². The Morgan fingerprint density at radius 3 is 2.67 bits per heavy atom. The average molecular weight is 264 g/mol. The van der Waals surface area contributed by atoms with Crippen LogP contribution in [0.15, 0.2) is 23.7 Å². The molecule has 18 heavy (non-hydrogen) atoms. The number of rotatable bonds is 3. The second kappa shape index (κ2) is 4.20. The van der Waals surface area contributed by atoms with Crippen molar-refractivity contribution in [2.24, 2.45) is 23.7 Å². The van der Waals surface area contributed by atoms with E-state index in [1.54, 1.807) is 11.6 Å². The number of aliphatic carboxylic acids is 1. The number of amides is 1. The summed E-state index contributed by atoms with van der Waals surface area (Å²) in [5.74, 6) is -2.13. The van der Waals surface area contributed by atoms with E-state index < -0.39 is 17.8 Å². The molecule has 6 heteroatoms. The molecule has 2 aliphatic rings. The molecule has 1 heterocycles. The van der Waals surface area contributed by atoms with Gasteiger partial charge in [-0.15, -0.1) is 11.3 Å². The molecule has 1 aromatic heterocycles. The highest BCUT2D eigenvalue weighted by atomic mass is 32.1. The zero-order valence-corrected chi connectivity index (χ0v) is 10.3. The second-order valence-corrected chi connectivity index (χ2v) is 5.56. The normalized spacial score (nSPS) is 32.7. The summed E-state index contributed by atoms with van der Waals surface area (Å²) >= 11 is 1.33. The highest BCUT2D eigenvalue weighted by molar-refractivity contribution is 7.13. The van der Waals surface area contributed by atoms with Crippen LogP contribution >= 0.6 is 11.3 Å². The third-order valence-electron chi connectivity index (χ3n) is 3.71.